The number of hydrogen-bond donors (Lipinski definition) is 0. The third kappa shape index (κ3) is 6.90. The lowest BCUT2D eigenvalue weighted by Crippen LogP contribution is -2.26. The fourth-order valence-corrected chi connectivity index (χ4v) is 7.32. The van der Waals surface area contributed by atoms with E-state index in [1.165, 1.54) is 44.5 Å². The number of anilines is 2. The number of rotatable bonds is 12. The van der Waals surface area contributed by atoms with Gasteiger partial charge in [0.05, 0.1) is 0 Å². The molecule has 4 heteroatoms. The number of benzene rings is 4. The first-order valence-corrected chi connectivity index (χ1v) is 14.8. The van der Waals surface area contributed by atoms with Gasteiger partial charge in [-0.1, -0.05) is 101 Å². The van der Waals surface area contributed by atoms with E-state index >= 15 is 0 Å². The first-order chi connectivity index (χ1) is 18.9. The monoisotopic (exact) mass is 539 g/mol. The quantitative estimate of drug-likeness (QED) is 0.132. The van der Waals surface area contributed by atoms with Crippen LogP contribution in [-0.2, 0) is 16.4 Å². The second-order valence-corrected chi connectivity index (χ2v) is 12.4. The summed E-state index contributed by atoms with van der Waals surface area (Å²) >= 11 is 0. The SMILES string of the molecule is CCCC(C)(Pc1c(C)cccc1CN(c1ccccc1)c1ccccc1)c1cc(C)cc(C)c1OCOC. The van der Waals surface area contributed by atoms with Crippen LogP contribution in [0.2, 0.25) is 0 Å². The van der Waals surface area contributed by atoms with Crippen molar-refractivity contribution in [2.45, 2.75) is 59.2 Å². The van der Waals surface area contributed by atoms with Gasteiger partial charge in [0.25, 0.3) is 0 Å². The highest BCUT2D eigenvalue weighted by Gasteiger charge is 2.32. The molecule has 0 saturated carbocycles. The molecule has 4 rings (SSSR count). The average Bonchev–Trinajstić information content (AvgIpc) is 2.93. The lowest BCUT2D eigenvalue weighted by Gasteiger charge is -2.35. The molecule has 0 N–H and O–H groups in total. The molecule has 0 aliphatic carbocycles. The van der Waals surface area contributed by atoms with Crippen molar-refractivity contribution >= 4 is 25.3 Å². The maximum atomic E-state index is 6.22. The lowest BCUT2D eigenvalue weighted by molar-refractivity contribution is 0.0495. The first-order valence-electron chi connectivity index (χ1n) is 13.8. The maximum absolute atomic E-state index is 6.22. The second-order valence-electron chi connectivity index (χ2n) is 10.6. The molecule has 3 nitrogen and oxygen atoms in total. The minimum atomic E-state index is -0.0697. The van der Waals surface area contributed by atoms with Gasteiger partial charge in [0, 0.05) is 35.7 Å². The highest BCUT2D eigenvalue weighted by Crippen LogP contribution is 2.50. The first kappa shape index (κ1) is 28.9. The maximum Gasteiger partial charge on any atom is 0.188 e. The Labute approximate surface area is 237 Å². The summed E-state index contributed by atoms with van der Waals surface area (Å²) in [4.78, 5) is 2.42. The van der Waals surface area contributed by atoms with E-state index in [-0.39, 0.29) is 11.9 Å². The van der Waals surface area contributed by atoms with Gasteiger partial charge in [0.1, 0.15) is 5.75 Å². The average molecular weight is 540 g/mol. The van der Waals surface area contributed by atoms with Crippen LogP contribution in [0.25, 0.3) is 0 Å². The molecule has 2 unspecified atom stereocenters. The van der Waals surface area contributed by atoms with Crippen LogP contribution in [0.3, 0.4) is 0 Å². The predicted octanol–water partition coefficient (Wildman–Crippen LogP) is 8.95. The molecular formula is C35H42NO2P. The summed E-state index contributed by atoms with van der Waals surface area (Å²) in [6.07, 6.45) is 2.17. The van der Waals surface area contributed by atoms with E-state index in [1.807, 2.05) is 0 Å². The Bertz CT molecular complexity index is 1320. The molecule has 0 fully saturated rings. The Morgan fingerprint density at radius 1 is 0.795 bits per heavy atom. The summed E-state index contributed by atoms with van der Waals surface area (Å²) in [6, 6.07) is 32.7. The van der Waals surface area contributed by atoms with Gasteiger partial charge in [-0.25, -0.2) is 0 Å². The zero-order valence-electron chi connectivity index (χ0n) is 24.3. The number of methoxy groups -OCH3 is 1. The van der Waals surface area contributed by atoms with Crippen LogP contribution in [0.5, 0.6) is 5.75 Å². The molecule has 4 aromatic rings. The van der Waals surface area contributed by atoms with Crippen LogP contribution in [0.1, 0.15) is 54.5 Å². The van der Waals surface area contributed by atoms with E-state index in [4.69, 9.17) is 9.47 Å². The van der Waals surface area contributed by atoms with E-state index < -0.39 is 0 Å². The molecule has 0 aliphatic rings. The zero-order valence-corrected chi connectivity index (χ0v) is 25.3. The molecule has 0 radical (unpaired) electrons. The summed E-state index contributed by atoms with van der Waals surface area (Å²) in [5.74, 6) is 0.969. The van der Waals surface area contributed by atoms with Crippen molar-refractivity contribution in [1.82, 2.24) is 0 Å². The Hall–Kier alpha value is -3.13. The smallest absolute Gasteiger partial charge is 0.188 e. The summed E-state index contributed by atoms with van der Waals surface area (Å²) in [5.41, 5.74) is 8.82. The standard InChI is InChI=1S/C35H42NO2P/c1-7-21-35(5,32-23-26(2)22-28(4)33(32)38-25-37-6)39-34-27(3)15-14-16-29(34)24-36(30-17-10-8-11-18-30)31-19-12-9-13-20-31/h8-20,22-23,39H,7,21,24-25H2,1-6H3. The highest BCUT2D eigenvalue weighted by atomic mass is 31.1. The number of nitrogens with zero attached hydrogens (tertiary/aromatic N) is 1. The van der Waals surface area contributed by atoms with E-state index in [2.05, 4.69) is 131 Å². The fraction of sp³-hybridized carbons (Fsp3) is 0.314. The minimum Gasteiger partial charge on any atom is -0.467 e. The lowest BCUT2D eigenvalue weighted by atomic mass is 9.91. The predicted molar refractivity (Wildman–Crippen MR) is 169 cm³/mol. The number of para-hydroxylation sites is 2. The third-order valence-electron chi connectivity index (χ3n) is 7.31. The van der Waals surface area contributed by atoms with Crippen molar-refractivity contribution in [1.29, 1.82) is 0 Å². The number of ether oxygens (including phenoxy) is 2. The molecule has 2 atom stereocenters. The molecule has 0 amide bonds. The van der Waals surface area contributed by atoms with Crippen molar-refractivity contribution in [2.75, 3.05) is 18.8 Å². The van der Waals surface area contributed by atoms with Gasteiger partial charge in [-0.15, -0.1) is 0 Å². The van der Waals surface area contributed by atoms with Crippen molar-refractivity contribution in [3.05, 3.63) is 119 Å². The van der Waals surface area contributed by atoms with E-state index in [0.717, 1.165) is 25.1 Å². The largest absolute Gasteiger partial charge is 0.467 e. The minimum absolute atomic E-state index is 0.0697. The highest BCUT2D eigenvalue weighted by molar-refractivity contribution is 7.48. The van der Waals surface area contributed by atoms with Crippen molar-refractivity contribution in [2.24, 2.45) is 0 Å². The zero-order chi connectivity index (χ0) is 27.8. The van der Waals surface area contributed by atoms with Crippen LogP contribution >= 0.6 is 8.58 Å². The van der Waals surface area contributed by atoms with Crippen LogP contribution in [0.4, 0.5) is 11.4 Å². The molecule has 204 valence electrons. The van der Waals surface area contributed by atoms with Crippen LogP contribution < -0.4 is 14.9 Å². The normalized spacial score (nSPS) is 13.0. The molecule has 0 bridgehead atoms. The summed E-state index contributed by atoms with van der Waals surface area (Å²) < 4.78 is 11.5. The van der Waals surface area contributed by atoms with Crippen molar-refractivity contribution < 1.29 is 9.47 Å². The molecule has 0 heterocycles. The van der Waals surface area contributed by atoms with Gasteiger partial charge < -0.3 is 14.4 Å². The number of aryl methyl sites for hydroxylation is 3. The molecule has 0 saturated heterocycles. The Morgan fingerprint density at radius 3 is 2.03 bits per heavy atom. The van der Waals surface area contributed by atoms with E-state index in [0.29, 0.717) is 8.58 Å². The topological polar surface area (TPSA) is 21.7 Å². The van der Waals surface area contributed by atoms with Gasteiger partial charge in [0.15, 0.2) is 6.79 Å². The van der Waals surface area contributed by atoms with Crippen molar-refractivity contribution in [3.63, 3.8) is 0 Å². The molecule has 39 heavy (non-hydrogen) atoms. The number of hydrogen-bond acceptors (Lipinski definition) is 3. The van der Waals surface area contributed by atoms with Gasteiger partial charge in [-0.05, 0) is 73.5 Å². The summed E-state index contributed by atoms with van der Waals surface area (Å²) in [7, 11) is 2.27. The Balaban J connectivity index is 1.79. The molecule has 4 aromatic carbocycles. The van der Waals surface area contributed by atoms with Crippen LogP contribution in [-0.4, -0.2) is 13.9 Å². The van der Waals surface area contributed by atoms with Gasteiger partial charge in [0.2, 0.25) is 0 Å². The van der Waals surface area contributed by atoms with Crippen LogP contribution in [0, 0.1) is 20.8 Å². The van der Waals surface area contributed by atoms with Gasteiger partial charge in [-0.3, -0.25) is 0 Å². The molecular weight excluding hydrogens is 497 g/mol. The van der Waals surface area contributed by atoms with Crippen LogP contribution in [0.15, 0.2) is 91.0 Å². The Kier molecular flexibility index (Phi) is 9.83. The van der Waals surface area contributed by atoms with E-state index in [9.17, 15) is 0 Å². The Morgan fingerprint density at radius 2 is 1.44 bits per heavy atom. The van der Waals surface area contributed by atoms with E-state index in [1.54, 1.807) is 7.11 Å². The second kappa shape index (κ2) is 13.3. The molecule has 0 spiro atoms. The van der Waals surface area contributed by atoms with Gasteiger partial charge >= 0.3 is 0 Å². The van der Waals surface area contributed by atoms with Gasteiger partial charge in [-0.2, -0.15) is 0 Å². The molecule has 0 aromatic heterocycles. The summed E-state index contributed by atoms with van der Waals surface area (Å²) in [5, 5.41) is 1.38. The molecule has 0 aliphatic heterocycles. The summed E-state index contributed by atoms with van der Waals surface area (Å²) in [6.45, 7) is 12.4. The van der Waals surface area contributed by atoms with Crippen molar-refractivity contribution in [3.8, 4) is 5.75 Å². The fourth-order valence-electron chi connectivity index (χ4n) is 5.47. The third-order valence-corrected chi connectivity index (χ3v) is 9.35.